The predicted octanol–water partition coefficient (Wildman–Crippen LogP) is 4.55. The molecule has 0 fully saturated rings. The summed E-state index contributed by atoms with van der Waals surface area (Å²) >= 11 is 0. The van der Waals surface area contributed by atoms with Gasteiger partial charge in [-0.3, -0.25) is 13.9 Å². The van der Waals surface area contributed by atoms with E-state index < -0.39 is 11.5 Å². The number of unbranched alkanes of at least 4 members (excludes halogenated alkanes) is 3. The first-order valence-electron chi connectivity index (χ1n) is 11.8. The monoisotopic (exact) mass is 460 g/mol. The summed E-state index contributed by atoms with van der Waals surface area (Å²) in [5.74, 6) is -0.495. The second-order valence-electron chi connectivity index (χ2n) is 8.29. The second kappa shape index (κ2) is 12.5. The lowest BCUT2D eigenvalue weighted by Crippen LogP contribution is -2.42. The van der Waals surface area contributed by atoms with E-state index >= 15 is 0 Å². The van der Waals surface area contributed by atoms with Crippen molar-refractivity contribution in [3.05, 3.63) is 110 Å². The summed E-state index contributed by atoms with van der Waals surface area (Å²) < 4.78 is 8.06. The fourth-order valence-corrected chi connectivity index (χ4v) is 3.77. The fourth-order valence-electron chi connectivity index (χ4n) is 3.77. The molecular formula is C28H32N2O4. The largest absolute Gasteiger partial charge is 0.463 e. The molecule has 3 rings (SSSR count). The number of carbonyl (C=O) groups is 1. The Morgan fingerprint density at radius 2 is 1.44 bits per heavy atom. The smallest absolute Gasteiger partial charge is 0.331 e. The molecule has 0 spiro atoms. The molecule has 0 amide bonds. The first-order chi connectivity index (χ1) is 16.5. The van der Waals surface area contributed by atoms with Gasteiger partial charge < -0.3 is 4.74 Å². The van der Waals surface area contributed by atoms with Gasteiger partial charge in [-0.25, -0.2) is 9.59 Å². The normalized spacial score (nSPS) is 11.1. The molecule has 0 saturated carbocycles. The van der Waals surface area contributed by atoms with Crippen LogP contribution in [-0.2, 0) is 22.6 Å². The van der Waals surface area contributed by atoms with E-state index in [1.807, 2.05) is 60.7 Å². The van der Waals surface area contributed by atoms with Crippen LogP contribution in [0.15, 0.2) is 76.3 Å². The quantitative estimate of drug-likeness (QED) is 0.239. The number of carbonyl (C=O) groups excluding carboxylic acids is 1. The third kappa shape index (κ3) is 6.67. The number of nitrogens with zero attached hydrogens (tertiary/aromatic N) is 2. The Morgan fingerprint density at radius 1 is 0.853 bits per heavy atom. The average Bonchev–Trinajstić information content (AvgIpc) is 2.85. The molecule has 0 radical (unpaired) electrons. The molecule has 0 aliphatic rings. The van der Waals surface area contributed by atoms with Crippen molar-refractivity contribution < 1.29 is 9.53 Å². The maximum Gasteiger partial charge on any atom is 0.331 e. The number of hydrogen-bond donors (Lipinski definition) is 0. The van der Waals surface area contributed by atoms with Crippen LogP contribution in [0.1, 0.15) is 55.0 Å². The Morgan fingerprint density at radius 3 is 2.03 bits per heavy atom. The number of ether oxygens (including phenoxy) is 1. The van der Waals surface area contributed by atoms with Gasteiger partial charge in [0.1, 0.15) is 0 Å². The Balaban J connectivity index is 1.94. The van der Waals surface area contributed by atoms with E-state index in [2.05, 4.69) is 6.92 Å². The molecular weight excluding hydrogens is 428 g/mol. The molecule has 0 atom stereocenters. The molecule has 0 unspecified atom stereocenters. The van der Waals surface area contributed by atoms with Gasteiger partial charge in [-0.1, -0.05) is 86.8 Å². The molecule has 178 valence electrons. The minimum Gasteiger partial charge on any atom is -0.463 e. The van der Waals surface area contributed by atoms with Crippen LogP contribution in [0.3, 0.4) is 0 Å². The van der Waals surface area contributed by atoms with E-state index in [0.717, 1.165) is 36.8 Å². The molecule has 1 aromatic heterocycles. The zero-order valence-electron chi connectivity index (χ0n) is 19.9. The van der Waals surface area contributed by atoms with Gasteiger partial charge in [-0.05, 0) is 30.5 Å². The summed E-state index contributed by atoms with van der Waals surface area (Å²) in [7, 11) is 0. The molecule has 1 heterocycles. The first kappa shape index (κ1) is 25.0. The highest BCUT2D eigenvalue weighted by atomic mass is 16.5. The Labute approximate surface area is 200 Å². The third-order valence-corrected chi connectivity index (χ3v) is 5.73. The van der Waals surface area contributed by atoms with Gasteiger partial charge >= 0.3 is 11.7 Å². The summed E-state index contributed by atoms with van der Waals surface area (Å²) in [4.78, 5) is 38.9. The lowest BCUT2D eigenvalue weighted by Gasteiger charge is -2.16. The van der Waals surface area contributed by atoms with E-state index in [0.29, 0.717) is 24.4 Å². The van der Waals surface area contributed by atoms with E-state index in [1.165, 1.54) is 16.7 Å². The minimum atomic E-state index is -0.495. The van der Waals surface area contributed by atoms with Crippen molar-refractivity contribution in [2.24, 2.45) is 0 Å². The minimum absolute atomic E-state index is 0.149. The maximum atomic E-state index is 13.3. The van der Waals surface area contributed by atoms with Gasteiger partial charge in [0.05, 0.1) is 25.3 Å². The van der Waals surface area contributed by atoms with Crippen LogP contribution in [0.5, 0.6) is 0 Å². The van der Waals surface area contributed by atoms with Gasteiger partial charge in [0.15, 0.2) is 0 Å². The molecule has 0 aliphatic carbocycles. The summed E-state index contributed by atoms with van der Waals surface area (Å²) in [6.45, 7) is 4.68. The highest BCUT2D eigenvalue weighted by Gasteiger charge is 2.16. The van der Waals surface area contributed by atoms with Crippen LogP contribution < -0.4 is 11.2 Å². The van der Waals surface area contributed by atoms with Gasteiger partial charge in [0, 0.05) is 11.8 Å². The molecule has 0 N–H and O–H groups in total. The van der Waals surface area contributed by atoms with Crippen LogP contribution >= 0.6 is 0 Å². The first-order valence-corrected chi connectivity index (χ1v) is 11.8. The summed E-state index contributed by atoms with van der Waals surface area (Å²) in [5.41, 5.74) is 1.79. The van der Waals surface area contributed by atoms with E-state index in [1.54, 1.807) is 11.5 Å². The summed E-state index contributed by atoms with van der Waals surface area (Å²) in [5, 5.41) is 0. The summed E-state index contributed by atoms with van der Waals surface area (Å²) in [6, 6.07) is 19.0. The number of benzene rings is 2. The van der Waals surface area contributed by atoms with Crippen molar-refractivity contribution >= 4 is 12.0 Å². The van der Waals surface area contributed by atoms with Crippen molar-refractivity contribution in [3.8, 4) is 0 Å². The Kier molecular flexibility index (Phi) is 9.21. The lowest BCUT2D eigenvalue weighted by molar-refractivity contribution is -0.137. The molecule has 0 aliphatic heterocycles. The number of hydrogen-bond acceptors (Lipinski definition) is 4. The molecule has 3 aromatic rings. The van der Waals surface area contributed by atoms with Gasteiger partial charge in [-0.15, -0.1) is 0 Å². The zero-order valence-corrected chi connectivity index (χ0v) is 19.9. The topological polar surface area (TPSA) is 70.3 Å². The van der Waals surface area contributed by atoms with Crippen LogP contribution in [0.2, 0.25) is 0 Å². The van der Waals surface area contributed by atoms with Crippen molar-refractivity contribution in [2.45, 2.75) is 52.6 Å². The standard InChI is InChI=1S/C28H32N2O4/c1-3-4-5-12-19-34-26(31)18-17-25-22(2)29(20-23-13-8-6-9-14-23)28(33)30(27(25)32)21-24-15-10-7-11-16-24/h6-11,13-18H,3-5,12,19-21H2,1-2H3/b18-17+. The fraction of sp³-hybridized carbons (Fsp3) is 0.321. The number of aromatic nitrogens is 2. The van der Waals surface area contributed by atoms with Gasteiger partial charge in [0.25, 0.3) is 5.56 Å². The van der Waals surface area contributed by atoms with Gasteiger partial charge in [-0.2, -0.15) is 0 Å². The Hall–Kier alpha value is -3.67. The molecule has 34 heavy (non-hydrogen) atoms. The van der Waals surface area contributed by atoms with E-state index in [-0.39, 0.29) is 12.2 Å². The van der Waals surface area contributed by atoms with Crippen molar-refractivity contribution in [1.29, 1.82) is 0 Å². The lowest BCUT2D eigenvalue weighted by atomic mass is 10.1. The zero-order chi connectivity index (χ0) is 24.3. The predicted molar refractivity (Wildman–Crippen MR) is 135 cm³/mol. The highest BCUT2D eigenvalue weighted by molar-refractivity contribution is 5.87. The summed E-state index contributed by atoms with van der Waals surface area (Å²) in [6.07, 6.45) is 6.79. The third-order valence-electron chi connectivity index (χ3n) is 5.73. The van der Waals surface area contributed by atoms with Crippen molar-refractivity contribution in [2.75, 3.05) is 6.61 Å². The molecule has 2 aromatic carbocycles. The van der Waals surface area contributed by atoms with Gasteiger partial charge in [0.2, 0.25) is 0 Å². The van der Waals surface area contributed by atoms with Crippen LogP contribution in [0.25, 0.3) is 6.08 Å². The maximum absolute atomic E-state index is 13.3. The molecule has 6 nitrogen and oxygen atoms in total. The Bertz CT molecular complexity index is 1230. The van der Waals surface area contributed by atoms with Crippen molar-refractivity contribution in [1.82, 2.24) is 9.13 Å². The number of rotatable bonds is 11. The van der Waals surface area contributed by atoms with E-state index in [4.69, 9.17) is 4.74 Å². The molecule has 6 heteroatoms. The SMILES string of the molecule is CCCCCCOC(=O)/C=C/c1c(C)n(Cc2ccccc2)c(=O)n(Cc2ccccc2)c1=O. The van der Waals surface area contributed by atoms with Crippen molar-refractivity contribution in [3.63, 3.8) is 0 Å². The highest BCUT2D eigenvalue weighted by Crippen LogP contribution is 2.09. The van der Waals surface area contributed by atoms with Crippen LogP contribution in [-0.4, -0.2) is 21.7 Å². The average molecular weight is 461 g/mol. The van der Waals surface area contributed by atoms with E-state index in [9.17, 15) is 14.4 Å². The molecule has 0 bridgehead atoms. The molecule has 0 saturated heterocycles. The van der Waals surface area contributed by atoms with Crippen LogP contribution in [0.4, 0.5) is 0 Å². The number of esters is 1. The second-order valence-corrected chi connectivity index (χ2v) is 8.29. The van der Waals surface area contributed by atoms with Crippen LogP contribution in [0, 0.1) is 6.92 Å².